The highest BCUT2D eigenvalue weighted by molar-refractivity contribution is 5.75. The second-order valence-corrected chi connectivity index (χ2v) is 5.08. The highest BCUT2D eigenvalue weighted by Crippen LogP contribution is 2.30. The van der Waals surface area contributed by atoms with Gasteiger partial charge in [-0.1, -0.05) is 13.8 Å². The average Bonchev–Trinajstić information content (AvgIpc) is 2.22. The zero-order chi connectivity index (χ0) is 12.0. The second-order valence-electron chi connectivity index (χ2n) is 5.08. The van der Waals surface area contributed by atoms with Gasteiger partial charge >= 0.3 is 0 Å². The molecule has 1 saturated carbocycles. The van der Waals surface area contributed by atoms with Gasteiger partial charge in [-0.25, -0.2) is 5.84 Å². The summed E-state index contributed by atoms with van der Waals surface area (Å²) in [6.45, 7) is 5.24. The molecule has 1 fully saturated rings. The molecule has 4 heteroatoms. The molecular weight excluding hydrogens is 204 g/mol. The van der Waals surface area contributed by atoms with Crippen molar-refractivity contribution in [3.63, 3.8) is 0 Å². The minimum atomic E-state index is -0.117. The second kappa shape index (κ2) is 6.86. The maximum Gasteiger partial charge on any atom is 0.233 e. The van der Waals surface area contributed by atoms with E-state index in [4.69, 9.17) is 10.6 Å². The molecule has 0 bridgehead atoms. The lowest BCUT2D eigenvalue weighted by Crippen LogP contribution is -2.30. The van der Waals surface area contributed by atoms with Crippen molar-refractivity contribution in [3.8, 4) is 0 Å². The van der Waals surface area contributed by atoms with Crippen molar-refractivity contribution >= 4 is 5.91 Å². The Hall–Kier alpha value is -0.610. The molecule has 16 heavy (non-hydrogen) atoms. The van der Waals surface area contributed by atoms with Crippen LogP contribution in [0.1, 0.15) is 46.0 Å². The van der Waals surface area contributed by atoms with Crippen LogP contribution in [0, 0.1) is 11.8 Å². The number of carbonyl (C=O) groups is 1. The van der Waals surface area contributed by atoms with E-state index in [1.807, 2.05) is 0 Å². The summed E-state index contributed by atoms with van der Waals surface area (Å²) in [7, 11) is 0. The lowest BCUT2D eigenvalue weighted by molar-refractivity contribution is -0.121. The fourth-order valence-corrected chi connectivity index (χ4v) is 2.56. The Morgan fingerprint density at radius 2 is 1.94 bits per heavy atom. The van der Waals surface area contributed by atoms with Crippen LogP contribution in [0.15, 0.2) is 0 Å². The van der Waals surface area contributed by atoms with Crippen molar-refractivity contribution in [3.05, 3.63) is 0 Å². The average molecular weight is 228 g/mol. The first-order valence-electron chi connectivity index (χ1n) is 6.22. The lowest BCUT2D eigenvalue weighted by Gasteiger charge is -2.31. The van der Waals surface area contributed by atoms with Crippen LogP contribution >= 0.6 is 0 Å². The third-order valence-electron chi connectivity index (χ3n) is 3.20. The Bertz CT molecular complexity index is 211. The van der Waals surface area contributed by atoms with Gasteiger partial charge in [0.15, 0.2) is 0 Å². The Labute approximate surface area is 97.9 Å². The molecule has 0 radical (unpaired) electrons. The summed E-state index contributed by atoms with van der Waals surface area (Å²) < 4.78 is 5.80. The normalized spacial score (nSPS) is 30.1. The van der Waals surface area contributed by atoms with Gasteiger partial charge in [0.2, 0.25) is 5.91 Å². The molecular formula is C12H24N2O2. The first-order chi connectivity index (χ1) is 7.61. The van der Waals surface area contributed by atoms with E-state index in [0.717, 1.165) is 31.1 Å². The van der Waals surface area contributed by atoms with E-state index in [-0.39, 0.29) is 5.91 Å². The molecule has 1 rings (SSSR count). The SMILES string of the molecule is CC1CC(C)CC(OCCCC(=O)NN)C1. The Kier molecular flexibility index (Phi) is 5.77. The van der Waals surface area contributed by atoms with Gasteiger partial charge in [-0.15, -0.1) is 0 Å². The molecule has 2 unspecified atom stereocenters. The summed E-state index contributed by atoms with van der Waals surface area (Å²) in [6.07, 6.45) is 5.23. The van der Waals surface area contributed by atoms with Crippen molar-refractivity contribution in [1.29, 1.82) is 0 Å². The van der Waals surface area contributed by atoms with Crippen LogP contribution in [0.25, 0.3) is 0 Å². The van der Waals surface area contributed by atoms with Crippen molar-refractivity contribution in [1.82, 2.24) is 5.43 Å². The molecule has 0 aromatic heterocycles. The van der Waals surface area contributed by atoms with Gasteiger partial charge in [0.25, 0.3) is 0 Å². The first kappa shape index (κ1) is 13.5. The third kappa shape index (κ3) is 4.94. The van der Waals surface area contributed by atoms with E-state index in [0.29, 0.717) is 19.1 Å². The summed E-state index contributed by atoms with van der Waals surface area (Å²) in [6, 6.07) is 0. The van der Waals surface area contributed by atoms with Crippen LogP contribution in [-0.4, -0.2) is 18.6 Å². The van der Waals surface area contributed by atoms with Crippen LogP contribution in [0.3, 0.4) is 0 Å². The van der Waals surface area contributed by atoms with Gasteiger partial charge in [-0.3, -0.25) is 10.2 Å². The number of ether oxygens (including phenoxy) is 1. The summed E-state index contributed by atoms with van der Waals surface area (Å²) in [4.78, 5) is 10.9. The molecule has 1 aliphatic carbocycles. The van der Waals surface area contributed by atoms with Crippen LogP contribution in [0.2, 0.25) is 0 Å². The van der Waals surface area contributed by atoms with Crippen molar-refractivity contribution < 1.29 is 9.53 Å². The van der Waals surface area contributed by atoms with Gasteiger partial charge in [-0.2, -0.15) is 0 Å². The largest absolute Gasteiger partial charge is 0.378 e. The van der Waals surface area contributed by atoms with Gasteiger partial charge in [0.05, 0.1) is 6.10 Å². The molecule has 4 nitrogen and oxygen atoms in total. The third-order valence-corrected chi connectivity index (χ3v) is 3.20. The number of nitrogens with one attached hydrogen (secondary N) is 1. The Morgan fingerprint density at radius 1 is 1.31 bits per heavy atom. The fourth-order valence-electron chi connectivity index (χ4n) is 2.56. The molecule has 3 N–H and O–H groups in total. The number of rotatable bonds is 5. The van der Waals surface area contributed by atoms with Crippen molar-refractivity contribution in [2.45, 2.75) is 52.1 Å². The molecule has 0 aliphatic heterocycles. The number of carbonyl (C=O) groups excluding carboxylic acids is 1. The number of amides is 1. The van der Waals surface area contributed by atoms with Gasteiger partial charge in [0.1, 0.15) is 0 Å². The van der Waals surface area contributed by atoms with Gasteiger partial charge in [-0.05, 0) is 37.5 Å². The summed E-state index contributed by atoms with van der Waals surface area (Å²) in [5.74, 6) is 6.41. The summed E-state index contributed by atoms with van der Waals surface area (Å²) >= 11 is 0. The molecule has 0 saturated heterocycles. The Morgan fingerprint density at radius 3 is 2.50 bits per heavy atom. The molecule has 0 heterocycles. The van der Waals surface area contributed by atoms with E-state index in [2.05, 4.69) is 19.3 Å². The van der Waals surface area contributed by atoms with Crippen LogP contribution in [-0.2, 0) is 9.53 Å². The van der Waals surface area contributed by atoms with Crippen LogP contribution in [0.5, 0.6) is 0 Å². The quantitative estimate of drug-likeness (QED) is 0.325. The Balaban J connectivity index is 2.10. The highest BCUT2D eigenvalue weighted by Gasteiger charge is 2.24. The van der Waals surface area contributed by atoms with Gasteiger partial charge < -0.3 is 4.74 Å². The molecule has 0 spiro atoms. The monoisotopic (exact) mass is 228 g/mol. The zero-order valence-corrected chi connectivity index (χ0v) is 10.4. The topological polar surface area (TPSA) is 64.3 Å². The van der Waals surface area contributed by atoms with Gasteiger partial charge in [0, 0.05) is 13.0 Å². The van der Waals surface area contributed by atoms with E-state index in [9.17, 15) is 4.79 Å². The number of nitrogens with two attached hydrogens (primary N) is 1. The molecule has 0 aromatic rings. The number of hydrogen-bond acceptors (Lipinski definition) is 3. The molecule has 0 aromatic carbocycles. The fraction of sp³-hybridized carbons (Fsp3) is 0.917. The van der Waals surface area contributed by atoms with E-state index in [1.54, 1.807) is 0 Å². The predicted octanol–water partition coefficient (Wildman–Crippen LogP) is 1.60. The standard InChI is InChI=1S/C12H24N2O2/c1-9-6-10(2)8-11(7-9)16-5-3-4-12(15)14-13/h9-11H,3-8,13H2,1-2H3,(H,14,15). The maximum atomic E-state index is 10.9. The minimum Gasteiger partial charge on any atom is -0.378 e. The van der Waals surface area contributed by atoms with Crippen molar-refractivity contribution in [2.24, 2.45) is 17.7 Å². The number of hydrazine groups is 1. The lowest BCUT2D eigenvalue weighted by atomic mass is 9.82. The van der Waals surface area contributed by atoms with Crippen molar-refractivity contribution in [2.75, 3.05) is 6.61 Å². The summed E-state index contributed by atoms with van der Waals surface area (Å²) in [5.41, 5.74) is 2.12. The maximum absolute atomic E-state index is 10.9. The molecule has 1 amide bonds. The highest BCUT2D eigenvalue weighted by atomic mass is 16.5. The molecule has 1 aliphatic rings. The first-order valence-corrected chi connectivity index (χ1v) is 6.22. The number of hydrogen-bond donors (Lipinski definition) is 2. The van der Waals surface area contributed by atoms with E-state index < -0.39 is 0 Å². The van der Waals surface area contributed by atoms with E-state index >= 15 is 0 Å². The predicted molar refractivity (Wildman–Crippen MR) is 63.5 cm³/mol. The zero-order valence-electron chi connectivity index (χ0n) is 10.4. The minimum absolute atomic E-state index is 0.117. The van der Waals surface area contributed by atoms with Crippen LogP contribution in [0.4, 0.5) is 0 Å². The van der Waals surface area contributed by atoms with E-state index in [1.165, 1.54) is 6.42 Å². The summed E-state index contributed by atoms with van der Waals surface area (Å²) in [5, 5.41) is 0. The van der Waals surface area contributed by atoms with Crippen LogP contribution < -0.4 is 11.3 Å². The molecule has 94 valence electrons. The molecule has 2 atom stereocenters. The smallest absolute Gasteiger partial charge is 0.233 e.